The molecule has 0 amide bonds. The highest BCUT2D eigenvalue weighted by atomic mass is 32.2. The molecular formula is C12H23NOS2. The highest BCUT2D eigenvalue weighted by molar-refractivity contribution is 8.18. The van der Waals surface area contributed by atoms with Crippen LogP contribution in [0.2, 0.25) is 0 Å². The Bertz CT molecular complexity index is 238. The van der Waals surface area contributed by atoms with Gasteiger partial charge in [-0.2, -0.15) is 0 Å². The van der Waals surface area contributed by atoms with Crippen LogP contribution in [-0.4, -0.2) is 35.0 Å². The normalized spacial score (nSPS) is 39.6. The predicted molar refractivity (Wildman–Crippen MR) is 74.1 cm³/mol. The molecule has 0 bridgehead atoms. The molecule has 2 rings (SSSR count). The van der Waals surface area contributed by atoms with Gasteiger partial charge in [0.2, 0.25) is 0 Å². The van der Waals surface area contributed by atoms with Crippen LogP contribution in [0.15, 0.2) is 0 Å². The van der Waals surface area contributed by atoms with Gasteiger partial charge in [0.15, 0.2) is 4.27 Å². The summed E-state index contributed by atoms with van der Waals surface area (Å²) in [4.78, 5) is 0. The van der Waals surface area contributed by atoms with E-state index in [1.54, 1.807) is 0 Å². The largest absolute Gasteiger partial charge is 0.356 e. The molecule has 0 saturated carbocycles. The molecule has 16 heavy (non-hydrogen) atoms. The highest BCUT2D eigenvalue weighted by Crippen LogP contribution is 2.53. The Morgan fingerprint density at radius 3 is 2.50 bits per heavy atom. The number of hydrogen-bond acceptors (Lipinski definition) is 4. The molecule has 0 spiro atoms. The second kappa shape index (κ2) is 5.09. The van der Waals surface area contributed by atoms with Crippen molar-refractivity contribution in [2.75, 3.05) is 25.2 Å². The van der Waals surface area contributed by atoms with Gasteiger partial charge in [-0.3, -0.25) is 0 Å². The molecule has 0 radical (unpaired) electrons. The fourth-order valence-electron chi connectivity index (χ4n) is 2.77. The molecule has 94 valence electrons. The number of nitrogens with one attached hydrogen (secondary N) is 1. The Morgan fingerprint density at radius 2 is 1.94 bits per heavy atom. The zero-order chi connectivity index (χ0) is 11.6. The third kappa shape index (κ3) is 2.02. The SMILES string of the molecule is COC1([C@@]2(C)NCCC[C@@H]2C)SCCCS1. The molecule has 4 heteroatoms. The maximum absolute atomic E-state index is 5.96. The first-order valence-corrected chi connectivity index (χ1v) is 8.20. The lowest BCUT2D eigenvalue weighted by molar-refractivity contribution is 0.0192. The molecule has 2 saturated heterocycles. The van der Waals surface area contributed by atoms with Crippen molar-refractivity contribution in [2.24, 2.45) is 5.92 Å². The molecule has 0 aliphatic carbocycles. The lowest BCUT2D eigenvalue weighted by atomic mass is 9.81. The van der Waals surface area contributed by atoms with Gasteiger partial charge in [0.1, 0.15) is 0 Å². The molecular weight excluding hydrogens is 238 g/mol. The second-order valence-corrected chi connectivity index (χ2v) is 7.79. The topological polar surface area (TPSA) is 21.3 Å². The molecule has 0 unspecified atom stereocenters. The summed E-state index contributed by atoms with van der Waals surface area (Å²) in [6, 6.07) is 0. The number of hydrogen-bond donors (Lipinski definition) is 1. The zero-order valence-electron chi connectivity index (χ0n) is 10.5. The Labute approximate surface area is 108 Å². The van der Waals surface area contributed by atoms with Crippen molar-refractivity contribution in [1.82, 2.24) is 5.32 Å². The fraction of sp³-hybridized carbons (Fsp3) is 1.00. The van der Waals surface area contributed by atoms with Crippen molar-refractivity contribution in [1.29, 1.82) is 0 Å². The van der Waals surface area contributed by atoms with E-state index in [4.69, 9.17) is 4.74 Å². The number of thioether (sulfide) groups is 2. The van der Waals surface area contributed by atoms with E-state index >= 15 is 0 Å². The molecule has 1 N–H and O–H groups in total. The smallest absolute Gasteiger partial charge is 0.178 e. The number of rotatable bonds is 2. The first kappa shape index (κ1) is 13.1. The average molecular weight is 261 g/mol. The van der Waals surface area contributed by atoms with E-state index in [2.05, 4.69) is 19.2 Å². The van der Waals surface area contributed by atoms with Crippen LogP contribution in [-0.2, 0) is 4.74 Å². The van der Waals surface area contributed by atoms with E-state index in [0.29, 0.717) is 5.92 Å². The Hall–Kier alpha value is 0.620. The van der Waals surface area contributed by atoms with E-state index in [1.807, 2.05) is 30.6 Å². The summed E-state index contributed by atoms with van der Waals surface area (Å²) < 4.78 is 5.88. The lowest BCUT2D eigenvalue weighted by Gasteiger charge is -2.53. The molecule has 2 atom stereocenters. The quantitative estimate of drug-likeness (QED) is 0.825. The Morgan fingerprint density at radius 1 is 1.25 bits per heavy atom. The molecule has 0 aromatic heterocycles. The summed E-state index contributed by atoms with van der Waals surface area (Å²) in [5.74, 6) is 3.13. The summed E-state index contributed by atoms with van der Waals surface area (Å²) in [5, 5.41) is 3.74. The van der Waals surface area contributed by atoms with Crippen LogP contribution < -0.4 is 5.32 Å². The summed E-state index contributed by atoms with van der Waals surface area (Å²) in [7, 11) is 1.87. The monoisotopic (exact) mass is 261 g/mol. The minimum absolute atomic E-state index is 0.0783. The molecule has 2 heterocycles. The van der Waals surface area contributed by atoms with E-state index in [0.717, 1.165) is 6.54 Å². The van der Waals surface area contributed by atoms with Crippen LogP contribution in [0.25, 0.3) is 0 Å². The Kier molecular flexibility index (Phi) is 4.15. The van der Waals surface area contributed by atoms with Crippen LogP contribution >= 0.6 is 23.5 Å². The molecule has 2 aliphatic heterocycles. The average Bonchev–Trinajstić information content (AvgIpc) is 2.34. The van der Waals surface area contributed by atoms with Gasteiger partial charge < -0.3 is 10.1 Å². The number of ether oxygens (including phenoxy) is 1. The molecule has 0 aromatic carbocycles. The standard InChI is InChI=1S/C12H23NOS2/c1-10-6-4-7-13-11(10,2)12(14-3)15-8-5-9-16-12/h10,13H,4-9H2,1-3H3/t10-,11-/m0/s1. The van der Waals surface area contributed by atoms with Gasteiger partial charge in [0.25, 0.3) is 0 Å². The van der Waals surface area contributed by atoms with Crippen molar-refractivity contribution in [3.8, 4) is 0 Å². The van der Waals surface area contributed by atoms with Gasteiger partial charge in [-0.1, -0.05) is 6.92 Å². The van der Waals surface area contributed by atoms with Crippen molar-refractivity contribution in [3.63, 3.8) is 0 Å². The van der Waals surface area contributed by atoms with Crippen molar-refractivity contribution in [2.45, 2.75) is 42.9 Å². The van der Waals surface area contributed by atoms with E-state index in [1.165, 1.54) is 30.8 Å². The molecule has 2 fully saturated rings. The van der Waals surface area contributed by atoms with Crippen molar-refractivity contribution in [3.05, 3.63) is 0 Å². The summed E-state index contributed by atoms with van der Waals surface area (Å²) in [6.07, 6.45) is 3.92. The molecule has 2 nitrogen and oxygen atoms in total. The maximum Gasteiger partial charge on any atom is 0.178 e. The highest BCUT2D eigenvalue weighted by Gasteiger charge is 2.54. The predicted octanol–water partition coefficient (Wildman–Crippen LogP) is 2.93. The second-order valence-electron chi connectivity index (χ2n) is 4.98. The van der Waals surface area contributed by atoms with E-state index in [9.17, 15) is 0 Å². The van der Waals surface area contributed by atoms with E-state index in [-0.39, 0.29) is 9.80 Å². The van der Waals surface area contributed by atoms with Crippen molar-refractivity contribution < 1.29 is 4.74 Å². The Balaban J connectivity index is 2.23. The zero-order valence-corrected chi connectivity index (χ0v) is 12.2. The van der Waals surface area contributed by atoms with E-state index < -0.39 is 0 Å². The van der Waals surface area contributed by atoms with Gasteiger partial charge in [-0.25, -0.2) is 0 Å². The van der Waals surface area contributed by atoms with Crippen molar-refractivity contribution >= 4 is 23.5 Å². The van der Waals surface area contributed by atoms with Crippen LogP contribution in [0, 0.1) is 5.92 Å². The summed E-state index contributed by atoms with van der Waals surface area (Å²) >= 11 is 4.00. The van der Waals surface area contributed by atoms with Gasteiger partial charge in [0, 0.05) is 7.11 Å². The third-order valence-electron chi connectivity index (χ3n) is 4.07. The fourth-order valence-corrected chi connectivity index (χ4v) is 6.29. The van der Waals surface area contributed by atoms with Crippen LogP contribution in [0.5, 0.6) is 0 Å². The summed E-state index contributed by atoms with van der Waals surface area (Å²) in [6.45, 7) is 5.85. The maximum atomic E-state index is 5.96. The lowest BCUT2D eigenvalue weighted by Crippen LogP contribution is -2.65. The minimum Gasteiger partial charge on any atom is -0.356 e. The summed E-state index contributed by atoms with van der Waals surface area (Å²) in [5.41, 5.74) is 0.107. The number of methoxy groups -OCH3 is 1. The van der Waals surface area contributed by atoms with Gasteiger partial charge >= 0.3 is 0 Å². The number of piperidine rings is 1. The molecule has 0 aromatic rings. The van der Waals surface area contributed by atoms with Gasteiger partial charge in [-0.15, -0.1) is 23.5 Å². The van der Waals surface area contributed by atoms with Crippen LogP contribution in [0.4, 0.5) is 0 Å². The van der Waals surface area contributed by atoms with Crippen LogP contribution in [0.3, 0.4) is 0 Å². The first-order valence-electron chi connectivity index (χ1n) is 6.23. The van der Waals surface area contributed by atoms with Crippen LogP contribution in [0.1, 0.15) is 33.1 Å². The van der Waals surface area contributed by atoms with Gasteiger partial charge in [0.05, 0.1) is 5.54 Å². The first-order chi connectivity index (χ1) is 7.65. The minimum atomic E-state index is -0.0783. The third-order valence-corrected chi connectivity index (χ3v) is 7.70. The molecule has 2 aliphatic rings. The van der Waals surface area contributed by atoms with Gasteiger partial charge in [-0.05, 0) is 50.2 Å².